The highest BCUT2D eigenvalue weighted by atomic mass is 35.5. The predicted octanol–water partition coefficient (Wildman–Crippen LogP) is 5.85. The third-order valence-electron chi connectivity index (χ3n) is 2.39. The number of thiophene rings is 1. The Bertz CT molecular complexity index is 500. The van der Waals surface area contributed by atoms with E-state index in [0.717, 1.165) is 15.6 Å². The molecule has 3 heteroatoms. The van der Waals surface area contributed by atoms with E-state index in [2.05, 4.69) is 26.0 Å². The van der Waals surface area contributed by atoms with Crippen LogP contribution in [0.1, 0.15) is 24.6 Å². The van der Waals surface area contributed by atoms with Crippen LogP contribution in [0.4, 0.5) is 0 Å². The Morgan fingerprint density at radius 1 is 1.06 bits per heavy atom. The second kappa shape index (κ2) is 4.79. The van der Waals surface area contributed by atoms with E-state index in [1.54, 1.807) is 11.3 Å². The van der Waals surface area contributed by atoms with Crippen molar-refractivity contribution in [1.82, 2.24) is 0 Å². The van der Waals surface area contributed by atoms with Crippen LogP contribution in [-0.4, -0.2) is 0 Å². The van der Waals surface area contributed by atoms with Gasteiger partial charge in [-0.1, -0.05) is 37.0 Å². The molecule has 0 amide bonds. The van der Waals surface area contributed by atoms with E-state index < -0.39 is 0 Å². The molecule has 16 heavy (non-hydrogen) atoms. The molecule has 1 heterocycles. The normalized spacial score (nSPS) is 11.1. The summed E-state index contributed by atoms with van der Waals surface area (Å²) in [5.74, 6) is 0.553. The van der Waals surface area contributed by atoms with Crippen LogP contribution in [0.15, 0.2) is 30.3 Å². The smallest absolute Gasteiger partial charge is 0.0493 e. The molecule has 0 bridgehead atoms. The molecule has 0 aliphatic heterocycles. The lowest BCUT2D eigenvalue weighted by Crippen LogP contribution is -1.78. The van der Waals surface area contributed by atoms with Gasteiger partial charge in [0.1, 0.15) is 0 Å². The summed E-state index contributed by atoms with van der Waals surface area (Å²) in [6, 6.07) is 9.83. The molecule has 0 aliphatic rings. The summed E-state index contributed by atoms with van der Waals surface area (Å²) in [7, 11) is 0. The van der Waals surface area contributed by atoms with E-state index in [-0.39, 0.29) is 0 Å². The fourth-order valence-corrected chi connectivity index (χ4v) is 2.98. The Labute approximate surface area is 110 Å². The minimum absolute atomic E-state index is 0.553. The molecule has 0 saturated heterocycles. The van der Waals surface area contributed by atoms with Gasteiger partial charge in [-0.25, -0.2) is 0 Å². The third-order valence-corrected chi connectivity index (χ3v) is 4.37. The van der Waals surface area contributed by atoms with Crippen LogP contribution in [0.2, 0.25) is 10.0 Å². The standard InChI is InChI=1S/C13H12Cl2S/c1-8(2)12-5-6-13(16-12)10-7-9(14)3-4-11(10)15/h3-8H,1-2H3. The molecule has 84 valence electrons. The molecule has 0 radical (unpaired) electrons. The molecular formula is C13H12Cl2S. The first-order valence-electron chi connectivity index (χ1n) is 5.13. The second-order valence-electron chi connectivity index (χ2n) is 3.98. The zero-order valence-electron chi connectivity index (χ0n) is 9.13. The van der Waals surface area contributed by atoms with Gasteiger partial charge in [-0.15, -0.1) is 11.3 Å². The summed E-state index contributed by atoms with van der Waals surface area (Å²) in [5, 5.41) is 1.47. The van der Waals surface area contributed by atoms with Crippen molar-refractivity contribution in [2.75, 3.05) is 0 Å². The monoisotopic (exact) mass is 270 g/mol. The van der Waals surface area contributed by atoms with Crippen LogP contribution < -0.4 is 0 Å². The van der Waals surface area contributed by atoms with Crippen molar-refractivity contribution >= 4 is 34.5 Å². The van der Waals surface area contributed by atoms with Crippen LogP contribution in [0, 0.1) is 0 Å². The van der Waals surface area contributed by atoms with Crippen molar-refractivity contribution in [2.24, 2.45) is 0 Å². The average molecular weight is 271 g/mol. The van der Waals surface area contributed by atoms with E-state index in [4.69, 9.17) is 23.2 Å². The van der Waals surface area contributed by atoms with Crippen LogP contribution in [-0.2, 0) is 0 Å². The highest BCUT2D eigenvalue weighted by molar-refractivity contribution is 7.15. The molecular weight excluding hydrogens is 259 g/mol. The van der Waals surface area contributed by atoms with Gasteiger partial charge in [0, 0.05) is 25.4 Å². The summed E-state index contributed by atoms with van der Waals surface area (Å²) in [5.41, 5.74) is 1.02. The van der Waals surface area contributed by atoms with Crippen molar-refractivity contribution in [3.63, 3.8) is 0 Å². The van der Waals surface area contributed by atoms with Crippen LogP contribution >= 0.6 is 34.5 Å². The molecule has 1 aromatic carbocycles. The molecule has 0 fully saturated rings. The number of rotatable bonds is 2. The summed E-state index contributed by atoms with van der Waals surface area (Å²) >= 11 is 13.9. The number of hydrogen-bond donors (Lipinski definition) is 0. The van der Waals surface area contributed by atoms with Gasteiger partial charge in [0.15, 0.2) is 0 Å². The van der Waals surface area contributed by atoms with Gasteiger partial charge >= 0.3 is 0 Å². The first-order valence-corrected chi connectivity index (χ1v) is 6.70. The lowest BCUT2D eigenvalue weighted by atomic mass is 10.1. The third kappa shape index (κ3) is 2.42. The molecule has 0 saturated carbocycles. The summed E-state index contributed by atoms with van der Waals surface area (Å²) < 4.78 is 0. The highest BCUT2D eigenvalue weighted by Gasteiger charge is 2.09. The first kappa shape index (κ1) is 12.0. The minimum atomic E-state index is 0.553. The van der Waals surface area contributed by atoms with Crippen molar-refractivity contribution in [3.8, 4) is 10.4 Å². The maximum atomic E-state index is 6.17. The quantitative estimate of drug-likeness (QED) is 0.643. The molecule has 2 rings (SSSR count). The van der Waals surface area contributed by atoms with E-state index in [9.17, 15) is 0 Å². The second-order valence-corrected chi connectivity index (χ2v) is 5.94. The molecule has 0 nitrogen and oxygen atoms in total. The van der Waals surface area contributed by atoms with Gasteiger partial charge in [-0.3, -0.25) is 0 Å². The largest absolute Gasteiger partial charge is 0.140 e. The van der Waals surface area contributed by atoms with Gasteiger partial charge in [0.25, 0.3) is 0 Å². The zero-order valence-corrected chi connectivity index (χ0v) is 11.5. The number of benzene rings is 1. The zero-order chi connectivity index (χ0) is 11.7. The molecule has 0 unspecified atom stereocenters. The van der Waals surface area contributed by atoms with Gasteiger partial charge in [0.05, 0.1) is 0 Å². The van der Waals surface area contributed by atoms with Gasteiger partial charge in [-0.05, 0) is 36.2 Å². The lowest BCUT2D eigenvalue weighted by Gasteiger charge is -2.02. The van der Waals surface area contributed by atoms with Crippen molar-refractivity contribution in [1.29, 1.82) is 0 Å². The molecule has 0 N–H and O–H groups in total. The first-order chi connectivity index (χ1) is 7.58. The Morgan fingerprint density at radius 2 is 1.81 bits per heavy atom. The van der Waals surface area contributed by atoms with Gasteiger partial charge in [-0.2, -0.15) is 0 Å². The molecule has 1 aromatic heterocycles. The Hall–Kier alpha value is -0.500. The number of halogens is 2. The molecule has 0 spiro atoms. The van der Waals surface area contributed by atoms with E-state index in [0.29, 0.717) is 5.92 Å². The van der Waals surface area contributed by atoms with Crippen molar-refractivity contribution in [3.05, 3.63) is 45.3 Å². The predicted molar refractivity (Wildman–Crippen MR) is 73.9 cm³/mol. The van der Waals surface area contributed by atoms with Crippen LogP contribution in [0.3, 0.4) is 0 Å². The summed E-state index contributed by atoms with van der Waals surface area (Å²) in [6.07, 6.45) is 0. The molecule has 0 aliphatic carbocycles. The van der Waals surface area contributed by atoms with Crippen molar-refractivity contribution < 1.29 is 0 Å². The Balaban J connectivity index is 2.46. The summed E-state index contributed by atoms with van der Waals surface area (Å²) in [6.45, 7) is 4.38. The van der Waals surface area contributed by atoms with E-state index in [1.807, 2.05) is 18.2 Å². The molecule has 2 aromatic rings. The minimum Gasteiger partial charge on any atom is -0.140 e. The van der Waals surface area contributed by atoms with Crippen LogP contribution in [0.5, 0.6) is 0 Å². The topological polar surface area (TPSA) is 0 Å². The Morgan fingerprint density at radius 3 is 2.44 bits per heavy atom. The lowest BCUT2D eigenvalue weighted by molar-refractivity contribution is 0.890. The maximum absolute atomic E-state index is 6.17. The SMILES string of the molecule is CC(C)c1ccc(-c2cc(Cl)ccc2Cl)s1. The fourth-order valence-electron chi connectivity index (χ4n) is 1.49. The fraction of sp³-hybridized carbons (Fsp3) is 0.231. The van der Waals surface area contributed by atoms with Crippen molar-refractivity contribution in [2.45, 2.75) is 19.8 Å². The molecule has 0 atom stereocenters. The van der Waals surface area contributed by atoms with Gasteiger partial charge < -0.3 is 0 Å². The summed E-state index contributed by atoms with van der Waals surface area (Å²) in [4.78, 5) is 2.54. The number of hydrogen-bond acceptors (Lipinski definition) is 1. The van der Waals surface area contributed by atoms with E-state index >= 15 is 0 Å². The average Bonchev–Trinajstić information content (AvgIpc) is 2.70. The highest BCUT2D eigenvalue weighted by Crippen LogP contribution is 2.37. The van der Waals surface area contributed by atoms with Gasteiger partial charge in [0.2, 0.25) is 0 Å². The Kier molecular flexibility index (Phi) is 3.58. The van der Waals surface area contributed by atoms with E-state index in [1.165, 1.54) is 9.75 Å². The maximum Gasteiger partial charge on any atom is 0.0493 e. The van der Waals surface area contributed by atoms with Crippen LogP contribution in [0.25, 0.3) is 10.4 Å².